The monoisotopic (exact) mass is 308 g/mol. The molecule has 2 heterocycles. The summed E-state index contributed by atoms with van der Waals surface area (Å²) < 4.78 is 2.46. The van der Waals surface area contributed by atoms with Crippen LogP contribution in [0.15, 0.2) is 42.6 Å². The molecule has 1 atom stereocenters. The molecule has 0 radical (unpaired) electrons. The van der Waals surface area contributed by atoms with E-state index in [1.807, 2.05) is 12.3 Å². The maximum absolute atomic E-state index is 4.62. The number of rotatable bonds is 6. The lowest BCUT2D eigenvalue weighted by Gasteiger charge is -2.28. The molecule has 0 bridgehead atoms. The largest absolute Gasteiger partial charge is 0.339 e. The lowest BCUT2D eigenvalue weighted by atomic mass is 9.80. The van der Waals surface area contributed by atoms with Gasteiger partial charge in [-0.1, -0.05) is 52.3 Å². The van der Waals surface area contributed by atoms with Crippen molar-refractivity contribution in [1.29, 1.82) is 0 Å². The van der Waals surface area contributed by atoms with Crippen molar-refractivity contribution in [2.75, 3.05) is 0 Å². The van der Waals surface area contributed by atoms with Gasteiger partial charge in [0.2, 0.25) is 0 Å². The Morgan fingerprint density at radius 2 is 1.83 bits per heavy atom. The van der Waals surface area contributed by atoms with Gasteiger partial charge in [-0.3, -0.25) is 4.98 Å². The van der Waals surface area contributed by atoms with E-state index in [1.54, 1.807) is 0 Å². The van der Waals surface area contributed by atoms with E-state index in [2.05, 4.69) is 67.6 Å². The van der Waals surface area contributed by atoms with Gasteiger partial charge in [0.25, 0.3) is 0 Å². The molecule has 0 saturated heterocycles. The molecular weight excluding hydrogens is 280 g/mol. The van der Waals surface area contributed by atoms with Gasteiger partial charge in [0, 0.05) is 18.1 Å². The molecule has 3 rings (SSSR count). The second-order valence-electron chi connectivity index (χ2n) is 7.72. The van der Waals surface area contributed by atoms with Crippen molar-refractivity contribution >= 4 is 21.9 Å². The summed E-state index contributed by atoms with van der Waals surface area (Å²) >= 11 is 0. The van der Waals surface area contributed by atoms with Crippen LogP contribution >= 0.6 is 0 Å². The highest BCUT2D eigenvalue weighted by molar-refractivity contribution is 6.05. The Morgan fingerprint density at radius 3 is 2.61 bits per heavy atom. The van der Waals surface area contributed by atoms with Gasteiger partial charge in [-0.05, 0) is 42.4 Å². The van der Waals surface area contributed by atoms with Gasteiger partial charge in [0.05, 0.1) is 16.6 Å². The standard InChI is InChI=1S/C21H28N2/c1-5-12-21(3,4)14-16(2)15-23-18-10-7-6-9-17(18)20-19(23)11-8-13-22-20/h6-11,13,16H,5,12,14-15H2,1-4H3. The van der Waals surface area contributed by atoms with Gasteiger partial charge < -0.3 is 4.57 Å². The van der Waals surface area contributed by atoms with Crippen molar-refractivity contribution < 1.29 is 0 Å². The number of para-hydroxylation sites is 1. The molecule has 1 aromatic carbocycles. The van der Waals surface area contributed by atoms with Crippen LogP contribution in [0.3, 0.4) is 0 Å². The molecule has 0 fully saturated rings. The van der Waals surface area contributed by atoms with E-state index in [1.165, 1.54) is 35.7 Å². The van der Waals surface area contributed by atoms with Crippen molar-refractivity contribution in [3.8, 4) is 0 Å². The van der Waals surface area contributed by atoms with Crippen LogP contribution in [0.4, 0.5) is 0 Å². The van der Waals surface area contributed by atoms with E-state index in [4.69, 9.17) is 0 Å². The van der Waals surface area contributed by atoms with Gasteiger partial charge in [0.15, 0.2) is 0 Å². The zero-order chi connectivity index (χ0) is 16.4. The summed E-state index contributed by atoms with van der Waals surface area (Å²) in [6.07, 6.45) is 5.72. The molecule has 0 aliphatic heterocycles. The Bertz CT molecular complexity index is 745. The van der Waals surface area contributed by atoms with Crippen LogP contribution in [-0.2, 0) is 6.54 Å². The van der Waals surface area contributed by atoms with Gasteiger partial charge in [-0.2, -0.15) is 0 Å². The quantitative estimate of drug-likeness (QED) is 0.542. The van der Waals surface area contributed by atoms with Crippen molar-refractivity contribution in [2.24, 2.45) is 11.3 Å². The summed E-state index contributed by atoms with van der Waals surface area (Å²) in [5.74, 6) is 0.649. The Kier molecular flexibility index (Phi) is 4.43. The van der Waals surface area contributed by atoms with E-state index >= 15 is 0 Å². The molecule has 122 valence electrons. The third-order valence-corrected chi connectivity index (χ3v) is 4.85. The smallest absolute Gasteiger partial charge is 0.0959 e. The predicted molar refractivity (Wildman–Crippen MR) is 99.7 cm³/mol. The summed E-state index contributed by atoms with van der Waals surface area (Å²) in [5, 5.41) is 1.27. The molecule has 2 heteroatoms. The lowest BCUT2D eigenvalue weighted by Crippen LogP contribution is -2.18. The van der Waals surface area contributed by atoms with Crippen LogP contribution < -0.4 is 0 Å². The van der Waals surface area contributed by atoms with E-state index < -0.39 is 0 Å². The fourth-order valence-corrected chi connectivity index (χ4v) is 4.16. The summed E-state index contributed by atoms with van der Waals surface area (Å²) in [7, 11) is 0. The van der Waals surface area contributed by atoms with Crippen LogP contribution in [0.2, 0.25) is 0 Å². The molecule has 0 N–H and O–H groups in total. The number of aromatic nitrogens is 2. The van der Waals surface area contributed by atoms with Crippen LogP contribution in [0.5, 0.6) is 0 Å². The van der Waals surface area contributed by atoms with Gasteiger partial charge in [-0.25, -0.2) is 0 Å². The SMILES string of the molecule is CCCC(C)(C)CC(C)Cn1c2ccccc2c2ncccc21. The summed E-state index contributed by atoms with van der Waals surface area (Å²) in [4.78, 5) is 4.62. The first-order valence-corrected chi connectivity index (χ1v) is 8.84. The zero-order valence-electron chi connectivity index (χ0n) is 14.8. The van der Waals surface area contributed by atoms with E-state index in [-0.39, 0.29) is 0 Å². The summed E-state index contributed by atoms with van der Waals surface area (Å²) in [6.45, 7) is 10.5. The molecule has 0 spiro atoms. The number of pyridine rings is 1. The Hall–Kier alpha value is -1.83. The number of hydrogen-bond donors (Lipinski definition) is 0. The van der Waals surface area contributed by atoms with Crippen molar-refractivity contribution in [1.82, 2.24) is 9.55 Å². The number of benzene rings is 1. The highest BCUT2D eigenvalue weighted by atomic mass is 15.0. The Balaban J connectivity index is 1.95. The first kappa shape index (κ1) is 16.0. The number of fused-ring (bicyclic) bond motifs is 3. The minimum Gasteiger partial charge on any atom is -0.339 e. The zero-order valence-corrected chi connectivity index (χ0v) is 14.8. The third kappa shape index (κ3) is 3.26. The molecule has 3 aromatic rings. The van der Waals surface area contributed by atoms with Crippen molar-refractivity contribution in [2.45, 2.75) is 53.5 Å². The molecule has 0 aliphatic rings. The maximum Gasteiger partial charge on any atom is 0.0959 e. The molecule has 0 aliphatic carbocycles. The lowest BCUT2D eigenvalue weighted by molar-refractivity contribution is 0.242. The van der Waals surface area contributed by atoms with Crippen LogP contribution in [-0.4, -0.2) is 9.55 Å². The second kappa shape index (κ2) is 6.35. The number of hydrogen-bond acceptors (Lipinski definition) is 1. The average Bonchev–Trinajstić information content (AvgIpc) is 2.82. The van der Waals surface area contributed by atoms with Crippen molar-refractivity contribution in [3.05, 3.63) is 42.6 Å². The second-order valence-corrected chi connectivity index (χ2v) is 7.72. The van der Waals surface area contributed by atoms with Gasteiger partial charge >= 0.3 is 0 Å². The summed E-state index contributed by atoms with van der Waals surface area (Å²) in [5.41, 5.74) is 4.11. The first-order valence-electron chi connectivity index (χ1n) is 8.84. The minimum atomic E-state index is 0.422. The molecular formula is C21H28N2. The minimum absolute atomic E-state index is 0.422. The van der Waals surface area contributed by atoms with Gasteiger partial charge in [-0.15, -0.1) is 0 Å². The highest BCUT2D eigenvalue weighted by Gasteiger charge is 2.21. The van der Waals surface area contributed by atoms with E-state index in [9.17, 15) is 0 Å². The maximum atomic E-state index is 4.62. The summed E-state index contributed by atoms with van der Waals surface area (Å²) in [6, 6.07) is 12.9. The Morgan fingerprint density at radius 1 is 1.09 bits per heavy atom. The normalized spacial score (nSPS) is 13.7. The fourth-order valence-electron chi connectivity index (χ4n) is 4.16. The average molecular weight is 308 g/mol. The topological polar surface area (TPSA) is 17.8 Å². The van der Waals surface area contributed by atoms with E-state index in [0.717, 1.165) is 12.1 Å². The molecule has 23 heavy (non-hydrogen) atoms. The van der Waals surface area contributed by atoms with Crippen molar-refractivity contribution in [3.63, 3.8) is 0 Å². The number of nitrogens with zero attached hydrogens (tertiary/aromatic N) is 2. The highest BCUT2D eigenvalue weighted by Crippen LogP contribution is 2.33. The molecule has 2 aromatic heterocycles. The Labute approximate surface area is 139 Å². The molecule has 0 saturated carbocycles. The van der Waals surface area contributed by atoms with Crippen LogP contribution in [0.25, 0.3) is 21.9 Å². The van der Waals surface area contributed by atoms with E-state index in [0.29, 0.717) is 11.3 Å². The molecule has 2 nitrogen and oxygen atoms in total. The first-order chi connectivity index (χ1) is 11.0. The molecule has 0 amide bonds. The fraction of sp³-hybridized carbons (Fsp3) is 0.476. The van der Waals surface area contributed by atoms with Crippen LogP contribution in [0, 0.1) is 11.3 Å². The van der Waals surface area contributed by atoms with Crippen LogP contribution in [0.1, 0.15) is 47.0 Å². The molecule has 1 unspecified atom stereocenters. The third-order valence-electron chi connectivity index (χ3n) is 4.85. The van der Waals surface area contributed by atoms with Gasteiger partial charge in [0.1, 0.15) is 0 Å². The predicted octanol–water partition coefficient (Wildman–Crippen LogP) is 6.04.